The van der Waals surface area contributed by atoms with Gasteiger partial charge in [0.15, 0.2) is 11.6 Å². The highest BCUT2D eigenvalue weighted by atomic mass is 16.4. The fourth-order valence-electron chi connectivity index (χ4n) is 1.74. The number of carboxylic acids is 2. The number of Topliss-reactive ketones (excluding diaryl/α,β-unsaturated/α-hetero) is 2. The molecule has 0 unspecified atom stereocenters. The van der Waals surface area contributed by atoms with Crippen molar-refractivity contribution in [1.82, 2.24) is 0 Å². The quantitative estimate of drug-likeness (QED) is 0.500. The smallest absolute Gasteiger partial charge is 0.336 e. The molecule has 1 rings (SSSR count). The van der Waals surface area contributed by atoms with E-state index in [0.717, 1.165) is 12.1 Å². The zero-order valence-electron chi connectivity index (χ0n) is 10.3. The molecule has 0 aliphatic rings. The molecule has 6 N–H and O–H groups in total. The summed E-state index contributed by atoms with van der Waals surface area (Å²) in [6, 6.07) is 1.89. The van der Waals surface area contributed by atoms with Gasteiger partial charge >= 0.3 is 11.9 Å². The Morgan fingerprint density at radius 1 is 0.800 bits per heavy atom. The molecule has 0 bridgehead atoms. The predicted octanol–water partition coefficient (Wildman–Crippen LogP) is -0.634. The SMILES string of the molecule is NCC(=O)c1c(C(=O)O)ccc(C(=O)O)c1C(=O)CN. The van der Waals surface area contributed by atoms with Crippen LogP contribution < -0.4 is 11.5 Å². The van der Waals surface area contributed by atoms with Crippen LogP contribution in [0.15, 0.2) is 12.1 Å². The monoisotopic (exact) mass is 280 g/mol. The van der Waals surface area contributed by atoms with E-state index in [9.17, 15) is 19.2 Å². The first kappa shape index (κ1) is 15.5. The highest BCUT2D eigenvalue weighted by Gasteiger charge is 2.28. The Morgan fingerprint density at radius 3 is 1.30 bits per heavy atom. The van der Waals surface area contributed by atoms with Gasteiger partial charge in [0.1, 0.15) is 0 Å². The van der Waals surface area contributed by atoms with Gasteiger partial charge in [-0.05, 0) is 12.1 Å². The molecular formula is C12H12N2O6. The van der Waals surface area contributed by atoms with Crippen molar-refractivity contribution in [2.75, 3.05) is 13.1 Å². The summed E-state index contributed by atoms with van der Waals surface area (Å²) in [5.74, 6) is -4.63. The fourth-order valence-corrected chi connectivity index (χ4v) is 1.74. The molecule has 8 nitrogen and oxygen atoms in total. The second kappa shape index (κ2) is 6.04. The van der Waals surface area contributed by atoms with Crippen LogP contribution in [-0.4, -0.2) is 46.8 Å². The summed E-state index contributed by atoms with van der Waals surface area (Å²) in [7, 11) is 0. The summed E-state index contributed by atoms with van der Waals surface area (Å²) in [5, 5.41) is 18.1. The minimum absolute atomic E-state index is 0.484. The van der Waals surface area contributed by atoms with E-state index < -0.39 is 58.8 Å². The van der Waals surface area contributed by atoms with Crippen LogP contribution in [0.1, 0.15) is 41.4 Å². The molecule has 0 saturated carbocycles. The van der Waals surface area contributed by atoms with Gasteiger partial charge < -0.3 is 21.7 Å². The molecular weight excluding hydrogens is 268 g/mol. The minimum atomic E-state index is -1.47. The van der Waals surface area contributed by atoms with E-state index in [2.05, 4.69) is 0 Å². The van der Waals surface area contributed by atoms with Crippen molar-refractivity contribution in [3.63, 3.8) is 0 Å². The van der Waals surface area contributed by atoms with Gasteiger partial charge in [-0.15, -0.1) is 0 Å². The third-order valence-electron chi connectivity index (χ3n) is 2.59. The molecule has 0 spiro atoms. The van der Waals surface area contributed by atoms with Crippen molar-refractivity contribution in [3.8, 4) is 0 Å². The summed E-state index contributed by atoms with van der Waals surface area (Å²) in [5.41, 5.74) is 8.35. The van der Waals surface area contributed by atoms with E-state index in [0.29, 0.717) is 0 Å². The molecule has 0 amide bonds. The van der Waals surface area contributed by atoms with E-state index in [1.807, 2.05) is 0 Å². The van der Waals surface area contributed by atoms with E-state index in [1.54, 1.807) is 0 Å². The van der Waals surface area contributed by atoms with Gasteiger partial charge in [-0.3, -0.25) is 9.59 Å². The predicted molar refractivity (Wildman–Crippen MR) is 67.1 cm³/mol. The van der Waals surface area contributed by atoms with Crippen LogP contribution in [0.3, 0.4) is 0 Å². The van der Waals surface area contributed by atoms with Gasteiger partial charge in [0.05, 0.1) is 24.2 Å². The largest absolute Gasteiger partial charge is 0.478 e. The molecule has 0 atom stereocenters. The Balaban J connectivity index is 3.82. The standard InChI is InChI=1S/C12H12N2O6/c13-3-7(15)9-5(11(17)18)1-2-6(12(19)20)10(9)8(16)4-14/h1-2H,3-4,13-14H2,(H,17,18)(H,19,20). The molecule has 0 aliphatic carbocycles. The number of hydrogen-bond acceptors (Lipinski definition) is 6. The molecule has 0 aromatic heterocycles. The van der Waals surface area contributed by atoms with Gasteiger partial charge in [0.25, 0.3) is 0 Å². The molecule has 0 heterocycles. The van der Waals surface area contributed by atoms with Crippen LogP contribution in [0.2, 0.25) is 0 Å². The number of benzene rings is 1. The fraction of sp³-hybridized carbons (Fsp3) is 0.167. The number of carbonyl (C=O) groups is 4. The lowest BCUT2D eigenvalue weighted by Crippen LogP contribution is -2.26. The number of nitrogens with two attached hydrogens (primary N) is 2. The lowest BCUT2D eigenvalue weighted by atomic mass is 9.90. The van der Waals surface area contributed by atoms with Crippen LogP contribution in [0.5, 0.6) is 0 Å². The number of carbonyl (C=O) groups excluding carboxylic acids is 2. The van der Waals surface area contributed by atoms with Crippen LogP contribution in [-0.2, 0) is 0 Å². The minimum Gasteiger partial charge on any atom is -0.478 e. The van der Waals surface area contributed by atoms with Crippen molar-refractivity contribution < 1.29 is 29.4 Å². The van der Waals surface area contributed by atoms with E-state index in [-0.39, 0.29) is 0 Å². The van der Waals surface area contributed by atoms with Gasteiger partial charge in [-0.25, -0.2) is 9.59 Å². The first-order valence-electron chi connectivity index (χ1n) is 5.45. The summed E-state index contributed by atoms with van der Waals surface area (Å²) in [6.45, 7) is -1.12. The van der Waals surface area contributed by atoms with E-state index >= 15 is 0 Å². The Hall–Kier alpha value is -2.58. The molecule has 0 radical (unpaired) electrons. The molecule has 0 aliphatic heterocycles. The Labute approximate surface area is 113 Å². The molecule has 8 heteroatoms. The van der Waals surface area contributed by atoms with Crippen LogP contribution in [0.25, 0.3) is 0 Å². The van der Waals surface area contributed by atoms with Crippen LogP contribution in [0.4, 0.5) is 0 Å². The summed E-state index contributed by atoms with van der Waals surface area (Å²) >= 11 is 0. The lowest BCUT2D eigenvalue weighted by molar-refractivity contribution is 0.0676. The van der Waals surface area contributed by atoms with Crippen molar-refractivity contribution in [3.05, 3.63) is 34.4 Å². The van der Waals surface area contributed by atoms with Gasteiger partial charge in [-0.1, -0.05) is 0 Å². The molecule has 0 saturated heterocycles. The maximum Gasteiger partial charge on any atom is 0.336 e. The van der Waals surface area contributed by atoms with Crippen LogP contribution >= 0.6 is 0 Å². The number of rotatable bonds is 6. The number of carboxylic acid groups (broad SMARTS) is 2. The van der Waals surface area contributed by atoms with Crippen molar-refractivity contribution in [2.24, 2.45) is 11.5 Å². The highest BCUT2D eigenvalue weighted by molar-refractivity contribution is 6.18. The van der Waals surface area contributed by atoms with Crippen molar-refractivity contribution in [2.45, 2.75) is 0 Å². The second-order valence-corrected chi connectivity index (χ2v) is 3.78. The maximum atomic E-state index is 11.8. The second-order valence-electron chi connectivity index (χ2n) is 3.78. The zero-order chi connectivity index (χ0) is 15.4. The average Bonchev–Trinajstić information content (AvgIpc) is 2.43. The Bertz CT molecular complexity index is 555. The number of aromatic carboxylic acids is 2. The van der Waals surface area contributed by atoms with E-state index in [1.165, 1.54) is 0 Å². The van der Waals surface area contributed by atoms with Crippen molar-refractivity contribution >= 4 is 23.5 Å². The van der Waals surface area contributed by atoms with Gasteiger partial charge in [-0.2, -0.15) is 0 Å². The summed E-state index contributed by atoms with van der Waals surface area (Å²) < 4.78 is 0. The van der Waals surface area contributed by atoms with Crippen LogP contribution in [0, 0.1) is 0 Å². The molecule has 20 heavy (non-hydrogen) atoms. The maximum absolute atomic E-state index is 11.8. The normalized spacial score (nSPS) is 10.1. The molecule has 1 aromatic rings. The lowest BCUT2D eigenvalue weighted by Gasteiger charge is -2.12. The molecule has 106 valence electrons. The summed E-state index contributed by atoms with van der Waals surface area (Å²) in [4.78, 5) is 45.8. The highest BCUT2D eigenvalue weighted by Crippen LogP contribution is 2.21. The van der Waals surface area contributed by atoms with Gasteiger partial charge in [0, 0.05) is 11.1 Å². The summed E-state index contributed by atoms with van der Waals surface area (Å²) in [6.07, 6.45) is 0. The Morgan fingerprint density at radius 2 is 1.10 bits per heavy atom. The molecule has 0 fully saturated rings. The number of ketones is 2. The van der Waals surface area contributed by atoms with E-state index in [4.69, 9.17) is 21.7 Å². The number of hydrogen-bond donors (Lipinski definition) is 4. The zero-order valence-corrected chi connectivity index (χ0v) is 10.3. The Kier molecular flexibility index (Phi) is 4.68. The third kappa shape index (κ3) is 2.71. The van der Waals surface area contributed by atoms with Gasteiger partial charge in [0.2, 0.25) is 0 Å². The first-order valence-corrected chi connectivity index (χ1v) is 5.45. The third-order valence-corrected chi connectivity index (χ3v) is 2.59. The average molecular weight is 280 g/mol. The topological polar surface area (TPSA) is 161 Å². The first-order chi connectivity index (χ1) is 9.34. The molecule has 1 aromatic carbocycles. The van der Waals surface area contributed by atoms with Crippen molar-refractivity contribution in [1.29, 1.82) is 0 Å².